The monoisotopic (exact) mass is 369 g/mol. The van der Waals surface area contributed by atoms with E-state index in [1.54, 1.807) is 12.2 Å². The Balaban J connectivity index is 1.49. The van der Waals surface area contributed by atoms with Crippen molar-refractivity contribution in [3.8, 4) is 0 Å². The molecule has 144 valence electrons. The average Bonchev–Trinajstić information content (AvgIpc) is 3.42. The highest BCUT2D eigenvalue weighted by Crippen LogP contribution is 2.33. The minimum atomic E-state index is -2.68. The lowest BCUT2D eigenvalue weighted by Gasteiger charge is -2.40. The molecular weight excluding hydrogens is 344 g/mol. The highest BCUT2D eigenvalue weighted by atomic mass is 19.3. The second kappa shape index (κ2) is 7.63. The van der Waals surface area contributed by atoms with Gasteiger partial charge in [-0.1, -0.05) is 6.08 Å². The van der Waals surface area contributed by atoms with Gasteiger partial charge in [-0.25, -0.2) is 8.78 Å². The molecular formula is C18H25F2N3O3. The Kier molecular flexibility index (Phi) is 5.48. The Labute approximate surface area is 151 Å². The molecule has 0 bridgehead atoms. The smallest absolute Gasteiger partial charge is 0.282 e. The van der Waals surface area contributed by atoms with E-state index >= 15 is 0 Å². The molecule has 8 heteroatoms. The zero-order valence-electron chi connectivity index (χ0n) is 14.6. The first-order valence-corrected chi connectivity index (χ1v) is 9.04. The van der Waals surface area contributed by atoms with Crippen LogP contribution in [-0.2, 0) is 14.3 Å². The molecule has 2 saturated carbocycles. The number of hydrogen-bond donors (Lipinski definition) is 2. The molecule has 0 aromatic rings. The van der Waals surface area contributed by atoms with Crippen LogP contribution in [-0.4, -0.2) is 48.4 Å². The number of nitrogens with zero attached hydrogens (tertiary/aromatic N) is 1. The fourth-order valence-electron chi connectivity index (χ4n) is 2.84. The second-order valence-corrected chi connectivity index (χ2v) is 7.42. The van der Waals surface area contributed by atoms with Crippen LogP contribution in [0.3, 0.4) is 0 Å². The zero-order valence-corrected chi connectivity index (χ0v) is 14.6. The summed E-state index contributed by atoms with van der Waals surface area (Å²) in [4.78, 5) is 24.9. The van der Waals surface area contributed by atoms with E-state index in [2.05, 4.69) is 5.32 Å². The number of carbonyl (C=O) groups is 2. The third-order valence-electron chi connectivity index (χ3n) is 4.75. The Hall–Kier alpha value is -2.12. The molecule has 0 aromatic carbocycles. The number of likely N-dealkylation sites (tertiary alicyclic amines) is 1. The summed E-state index contributed by atoms with van der Waals surface area (Å²) in [6, 6.07) is -0.623. The summed E-state index contributed by atoms with van der Waals surface area (Å²) in [6.45, 7) is -0.120. The zero-order chi connectivity index (χ0) is 18.7. The van der Waals surface area contributed by atoms with Crippen molar-refractivity contribution in [1.82, 2.24) is 10.2 Å². The molecule has 1 heterocycles. The lowest BCUT2D eigenvalue weighted by molar-refractivity contribution is -0.127. The van der Waals surface area contributed by atoms with Crippen LogP contribution in [0.2, 0.25) is 0 Å². The molecule has 0 spiro atoms. The number of hydrogen-bond acceptors (Lipinski definition) is 4. The first-order chi connectivity index (χ1) is 12.3. The van der Waals surface area contributed by atoms with Crippen molar-refractivity contribution >= 4 is 11.8 Å². The van der Waals surface area contributed by atoms with Crippen LogP contribution in [0.25, 0.3) is 0 Å². The molecule has 1 atom stereocenters. The molecule has 0 aromatic heterocycles. The van der Waals surface area contributed by atoms with Crippen molar-refractivity contribution in [2.45, 2.75) is 44.1 Å². The van der Waals surface area contributed by atoms with E-state index in [1.165, 1.54) is 11.2 Å². The summed E-state index contributed by atoms with van der Waals surface area (Å²) in [5.41, 5.74) is 5.83. The quantitative estimate of drug-likeness (QED) is 0.452. The van der Waals surface area contributed by atoms with Gasteiger partial charge in [-0.15, -0.1) is 0 Å². The Bertz CT molecular complexity index is 605. The van der Waals surface area contributed by atoms with Crippen molar-refractivity contribution in [3.63, 3.8) is 0 Å². The summed E-state index contributed by atoms with van der Waals surface area (Å²) >= 11 is 0. The third kappa shape index (κ3) is 5.44. The van der Waals surface area contributed by atoms with Gasteiger partial charge in [0.05, 0.1) is 25.4 Å². The van der Waals surface area contributed by atoms with Gasteiger partial charge in [0.2, 0.25) is 11.8 Å². The molecule has 1 saturated heterocycles. The number of nitrogens with one attached hydrogen (secondary N) is 1. The molecule has 26 heavy (non-hydrogen) atoms. The highest BCUT2D eigenvalue weighted by molar-refractivity contribution is 5.87. The van der Waals surface area contributed by atoms with Gasteiger partial charge in [0.15, 0.2) is 0 Å². The van der Waals surface area contributed by atoms with Gasteiger partial charge in [0.25, 0.3) is 5.92 Å². The van der Waals surface area contributed by atoms with E-state index < -0.39 is 17.9 Å². The SMILES string of the molecule is NC(=O)C(NC(=O)C/C=C\C(=C\OCC1CC1)N1CC(F)(F)C1)C1CC1. The van der Waals surface area contributed by atoms with Crippen molar-refractivity contribution < 1.29 is 23.1 Å². The largest absolute Gasteiger partial charge is 0.499 e. The normalized spacial score (nSPS) is 23.5. The van der Waals surface area contributed by atoms with Crippen molar-refractivity contribution in [3.05, 3.63) is 24.1 Å². The number of carbonyl (C=O) groups excluding carboxylic acids is 2. The van der Waals surface area contributed by atoms with Crippen LogP contribution in [0.15, 0.2) is 24.1 Å². The number of allylic oxidation sites excluding steroid dienone is 1. The van der Waals surface area contributed by atoms with Gasteiger partial charge < -0.3 is 20.7 Å². The van der Waals surface area contributed by atoms with Gasteiger partial charge in [-0.3, -0.25) is 9.59 Å². The summed E-state index contributed by atoms with van der Waals surface area (Å²) in [6.07, 6.45) is 8.78. The molecule has 3 aliphatic rings. The van der Waals surface area contributed by atoms with E-state index in [9.17, 15) is 18.4 Å². The van der Waals surface area contributed by atoms with Gasteiger partial charge in [-0.2, -0.15) is 0 Å². The van der Waals surface area contributed by atoms with Gasteiger partial charge in [0, 0.05) is 6.42 Å². The number of amides is 2. The first kappa shape index (κ1) is 18.7. The highest BCUT2D eigenvalue weighted by Gasteiger charge is 2.44. The van der Waals surface area contributed by atoms with E-state index in [4.69, 9.17) is 10.5 Å². The topological polar surface area (TPSA) is 84.7 Å². The summed E-state index contributed by atoms with van der Waals surface area (Å²) in [7, 11) is 0. The minimum Gasteiger partial charge on any atom is -0.499 e. The summed E-state index contributed by atoms with van der Waals surface area (Å²) in [5, 5.41) is 2.64. The van der Waals surface area contributed by atoms with Crippen LogP contribution in [0.5, 0.6) is 0 Å². The summed E-state index contributed by atoms with van der Waals surface area (Å²) in [5.74, 6) is -2.83. The minimum absolute atomic E-state index is 0.0424. The van der Waals surface area contributed by atoms with Gasteiger partial charge in [-0.05, 0) is 43.6 Å². The average molecular weight is 369 g/mol. The third-order valence-corrected chi connectivity index (χ3v) is 4.75. The molecule has 3 rings (SSSR count). The first-order valence-electron chi connectivity index (χ1n) is 9.04. The molecule has 3 N–H and O–H groups in total. The van der Waals surface area contributed by atoms with Crippen LogP contribution in [0.4, 0.5) is 8.78 Å². The van der Waals surface area contributed by atoms with Crippen LogP contribution in [0.1, 0.15) is 32.1 Å². The number of primary amides is 1. The molecule has 2 amide bonds. The Morgan fingerprint density at radius 3 is 2.50 bits per heavy atom. The van der Waals surface area contributed by atoms with E-state index in [0.29, 0.717) is 18.2 Å². The molecule has 1 aliphatic heterocycles. The molecule has 0 radical (unpaired) electrons. The lowest BCUT2D eigenvalue weighted by atomic mass is 10.1. The summed E-state index contributed by atoms with van der Waals surface area (Å²) < 4.78 is 31.7. The molecule has 1 unspecified atom stereocenters. The van der Waals surface area contributed by atoms with E-state index in [0.717, 1.165) is 25.7 Å². The molecule has 6 nitrogen and oxygen atoms in total. The number of nitrogens with two attached hydrogens (primary N) is 1. The fourth-order valence-corrected chi connectivity index (χ4v) is 2.84. The predicted octanol–water partition coefficient (Wildman–Crippen LogP) is 1.53. The maximum Gasteiger partial charge on any atom is 0.282 e. The van der Waals surface area contributed by atoms with Crippen molar-refractivity contribution in [2.24, 2.45) is 17.6 Å². The van der Waals surface area contributed by atoms with Crippen molar-refractivity contribution in [1.29, 1.82) is 0 Å². The Morgan fingerprint density at radius 2 is 1.96 bits per heavy atom. The number of rotatable bonds is 10. The van der Waals surface area contributed by atoms with Gasteiger partial charge >= 0.3 is 0 Å². The Morgan fingerprint density at radius 1 is 1.27 bits per heavy atom. The van der Waals surface area contributed by atoms with Crippen LogP contribution < -0.4 is 11.1 Å². The number of halogens is 2. The van der Waals surface area contributed by atoms with Crippen molar-refractivity contribution in [2.75, 3.05) is 19.7 Å². The number of alkyl halides is 2. The lowest BCUT2D eigenvalue weighted by Crippen LogP contribution is -2.55. The van der Waals surface area contributed by atoms with Crippen LogP contribution >= 0.6 is 0 Å². The maximum absolute atomic E-state index is 13.1. The molecule has 2 aliphatic carbocycles. The van der Waals surface area contributed by atoms with Crippen LogP contribution in [0, 0.1) is 11.8 Å². The maximum atomic E-state index is 13.1. The standard InChI is InChI=1S/C18H25F2N3O3/c19-18(20)10-23(11-18)14(9-26-8-12-4-5-12)2-1-3-15(24)22-16(17(21)25)13-6-7-13/h1-2,9,12-13,16H,3-8,10-11H2,(H2,21,25)(H,22,24)/b2-1-,14-9-. The second-order valence-electron chi connectivity index (χ2n) is 7.42. The van der Waals surface area contributed by atoms with E-state index in [1.807, 2.05) is 0 Å². The van der Waals surface area contributed by atoms with Gasteiger partial charge in [0.1, 0.15) is 12.3 Å². The fraction of sp³-hybridized carbons (Fsp3) is 0.667. The number of ether oxygens (including phenoxy) is 1. The predicted molar refractivity (Wildman–Crippen MR) is 90.9 cm³/mol. The molecule has 3 fully saturated rings. The van der Waals surface area contributed by atoms with E-state index in [-0.39, 0.29) is 31.3 Å².